The fourth-order valence-corrected chi connectivity index (χ4v) is 4.67. The molecule has 1 saturated heterocycles. The van der Waals surface area contributed by atoms with Crippen molar-refractivity contribution in [2.24, 2.45) is 17.8 Å². The summed E-state index contributed by atoms with van der Waals surface area (Å²) in [6.07, 6.45) is 4.24. The largest absolute Gasteiger partial charge is 0.396 e. The van der Waals surface area contributed by atoms with Crippen LogP contribution >= 0.6 is 23.2 Å². The van der Waals surface area contributed by atoms with Crippen LogP contribution in [0.1, 0.15) is 46.0 Å². The van der Waals surface area contributed by atoms with E-state index in [9.17, 15) is 10.2 Å². The average Bonchev–Trinajstić information content (AvgIpc) is 2.49. The van der Waals surface area contributed by atoms with E-state index >= 15 is 0 Å². The molecular formula is C17H31Cl2NO2. The van der Waals surface area contributed by atoms with Crippen LogP contribution in [0.4, 0.5) is 0 Å². The standard InChI is InChI=1S/C17H31Cl2NO2/c1-11(2)7-16(20-5-3-12(10-21)4-6-20)13-8-14(18)15(19)9-17(13)22/h11-17,21-22H,3-10H2,1-2H3. The predicted molar refractivity (Wildman–Crippen MR) is 92.6 cm³/mol. The molecule has 1 heterocycles. The highest BCUT2D eigenvalue weighted by Crippen LogP contribution is 2.38. The molecule has 2 aliphatic rings. The van der Waals surface area contributed by atoms with Crippen molar-refractivity contribution in [2.75, 3.05) is 19.7 Å². The van der Waals surface area contributed by atoms with Crippen LogP contribution in [-0.2, 0) is 0 Å². The highest BCUT2D eigenvalue weighted by Gasteiger charge is 2.41. The molecule has 0 amide bonds. The molecular weight excluding hydrogens is 321 g/mol. The van der Waals surface area contributed by atoms with E-state index in [1.807, 2.05) is 0 Å². The summed E-state index contributed by atoms with van der Waals surface area (Å²) in [6.45, 7) is 6.81. The number of hydrogen-bond acceptors (Lipinski definition) is 3. The first-order valence-corrected chi connectivity index (χ1v) is 9.60. The maximum Gasteiger partial charge on any atom is 0.0598 e. The molecule has 3 nitrogen and oxygen atoms in total. The number of aliphatic hydroxyl groups excluding tert-OH is 2. The zero-order valence-corrected chi connectivity index (χ0v) is 15.3. The Bertz CT molecular complexity index is 335. The van der Waals surface area contributed by atoms with Gasteiger partial charge in [0.2, 0.25) is 0 Å². The minimum Gasteiger partial charge on any atom is -0.396 e. The van der Waals surface area contributed by atoms with Crippen molar-refractivity contribution in [3.63, 3.8) is 0 Å². The van der Waals surface area contributed by atoms with Crippen LogP contribution in [0.5, 0.6) is 0 Å². The molecule has 0 radical (unpaired) electrons. The van der Waals surface area contributed by atoms with Crippen LogP contribution in [0.2, 0.25) is 0 Å². The minimum atomic E-state index is -0.350. The number of aliphatic hydroxyl groups is 2. The number of halogens is 2. The first kappa shape index (κ1) is 18.8. The molecule has 5 heteroatoms. The maximum absolute atomic E-state index is 10.6. The number of alkyl halides is 2. The molecule has 0 aromatic heterocycles. The Morgan fingerprint density at radius 3 is 2.23 bits per heavy atom. The summed E-state index contributed by atoms with van der Waals surface area (Å²) in [4.78, 5) is 2.53. The van der Waals surface area contributed by atoms with E-state index in [1.165, 1.54) is 0 Å². The van der Waals surface area contributed by atoms with Gasteiger partial charge in [0.15, 0.2) is 0 Å². The Morgan fingerprint density at radius 2 is 1.68 bits per heavy atom. The summed E-state index contributed by atoms with van der Waals surface area (Å²) in [5, 5.41) is 19.7. The molecule has 1 saturated carbocycles. The number of hydrogen-bond donors (Lipinski definition) is 2. The summed E-state index contributed by atoms with van der Waals surface area (Å²) in [6, 6.07) is 0.375. The van der Waals surface area contributed by atoms with E-state index < -0.39 is 0 Å². The Labute approximate surface area is 145 Å². The average molecular weight is 352 g/mol. The second-order valence-corrected chi connectivity index (χ2v) is 8.71. The van der Waals surface area contributed by atoms with Crippen LogP contribution in [-0.4, -0.2) is 57.7 Å². The van der Waals surface area contributed by atoms with Crippen molar-refractivity contribution in [3.8, 4) is 0 Å². The van der Waals surface area contributed by atoms with Gasteiger partial charge >= 0.3 is 0 Å². The molecule has 0 aromatic rings. The number of piperidine rings is 1. The fraction of sp³-hybridized carbons (Fsp3) is 1.00. The van der Waals surface area contributed by atoms with Gasteiger partial charge in [-0.1, -0.05) is 13.8 Å². The molecule has 1 aliphatic heterocycles. The molecule has 2 rings (SSSR count). The summed E-state index contributed by atoms with van der Waals surface area (Å²) in [7, 11) is 0. The van der Waals surface area contributed by atoms with E-state index in [0.717, 1.165) is 38.8 Å². The van der Waals surface area contributed by atoms with Gasteiger partial charge in [0, 0.05) is 18.6 Å². The van der Waals surface area contributed by atoms with E-state index in [0.29, 0.717) is 30.9 Å². The molecule has 2 fully saturated rings. The second-order valence-electron chi connectivity index (χ2n) is 7.59. The molecule has 0 spiro atoms. The SMILES string of the molecule is CC(C)CC(C1CC(Cl)C(Cl)CC1O)N1CCC(CO)CC1. The van der Waals surface area contributed by atoms with Gasteiger partial charge in [-0.15, -0.1) is 23.2 Å². The monoisotopic (exact) mass is 351 g/mol. The van der Waals surface area contributed by atoms with Crippen molar-refractivity contribution in [3.05, 3.63) is 0 Å². The summed E-state index contributed by atoms with van der Waals surface area (Å²) in [5.41, 5.74) is 0. The van der Waals surface area contributed by atoms with Gasteiger partial charge in [-0.2, -0.15) is 0 Å². The van der Waals surface area contributed by atoms with Crippen molar-refractivity contribution >= 4 is 23.2 Å². The molecule has 5 atom stereocenters. The molecule has 130 valence electrons. The van der Waals surface area contributed by atoms with Crippen molar-refractivity contribution in [2.45, 2.75) is 68.9 Å². The van der Waals surface area contributed by atoms with Crippen LogP contribution in [0.3, 0.4) is 0 Å². The van der Waals surface area contributed by atoms with Gasteiger partial charge in [0.05, 0.1) is 16.9 Å². The van der Waals surface area contributed by atoms with E-state index in [-0.39, 0.29) is 22.8 Å². The second kappa shape index (κ2) is 8.53. The minimum absolute atomic E-state index is 0.0419. The first-order chi connectivity index (χ1) is 10.4. The molecule has 0 aromatic carbocycles. The lowest BCUT2D eigenvalue weighted by Crippen LogP contribution is -2.52. The smallest absolute Gasteiger partial charge is 0.0598 e. The molecule has 22 heavy (non-hydrogen) atoms. The topological polar surface area (TPSA) is 43.7 Å². The van der Waals surface area contributed by atoms with E-state index in [4.69, 9.17) is 23.2 Å². The molecule has 2 N–H and O–H groups in total. The third kappa shape index (κ3) is 4.73. The maximum atomic E-state index is 10.6. The zero-order valence-electron chi connectivity index (χ0n) is 13.8. The lowest BCUT2D eigenvalue weighted by molar-refractivity contribution is -0.0106. The van der Waals surface area contributed by atoms with Gasteiger partial charge in [0.25, 0.3) is 0 Å². The number of rotatable bonds is 5. The summed E-state index contributed by atoms with van der Waals surface area (Å²) >= 11 is 12.6. The third-order valence-electron chi connectivity index (χ3n) is 5.43. The third-order valence-corrected chi connectivity index (χ3v) is 6.53. The molecule has 5 unspecified atom stereocenters. The van der Waals surface area contributed by atoms with Crippen LogP contribution < -0.4 is 0 Å². The van der Waals surface area contributed by atoms with Gasteiger partial charge in [0.1, 0.15) is 0 Å². The van der Waals surface area contributed by atoms with Crippen molar-refractivity contribution < 1.29 is 10.2 Å². The van der Waals surface area contributed by atoms with Gasteiger partial charge < -0.3 is 10.2 Å². The van der Waals surface area contributed by atoms with Gasteiger partial charge in [-0.05, 0) is 57.0 Å². The van der Waals surface area contributed by atoms with Gasteiger partial charge in [-0.25, -0.2) is 0 Å². The summed E-state index contributed by atoms with van der Waals surface area (Å²) < 4.78 is 0. The van der Waals surface area contributed by atoms with Crippen molar-refractivity contribution in [1.29, 1.82) is 0 Å². The lowest BCUT2D eigenvalue weighted by atomic mass is 9.77. The van der Waals surface area contributed by atoms with Crippen LogP contribution in [0.15, 0.2) is 0 Å². The highest BCUT2D eigenvalue weighted by molar-refractivity contribution is 6.30. The predicted octanol–water partition coefficient (Wildman–Crippen LogP) is 3.09. The van der Waals surface area contributed by atoms with Crippen molar-refractivity contribution in [1.82, 2.24) is 4.90 Å². The van der Waals surface area contributed by atoms with Crippen LogP contribution in [0, 0.1) is 17.8 Å². The highest BCUT2D eigenvalue weighted by atomic mass is 35.5. The molecule has 1 aliphatic carbocycles. The lowest BCUT2D eigenvalue weighted by Gasteiger charge is -2.46. The van der Waals surface area contributed by atoms with Crippen LogP contribution in [0.25, 0.3) is 0 Å². The number of nitrogens with zero attached hydrogens (tertiary/aromatic N) is 1. The quantitative estimate of drug-likeness (QED) is 0.748. The fourth-order valence-electron chi connectivity index (χ4n) is 4.08. The zero-order chi connectivity index (χ0) is 16.3. The van der Waals surface area contributed by atoms with E-state index in [2.05, 4.69) is 18.7 Å². The molecule has 0 bridgehead atoms. The Balaban J connectivity index is 2.05. The number of likely N-dealkylation sites (tertiary alicyclic amines) is 1. The Kier molecular flexibility index (Phi) is 7.28. The van der Waals surface area contributed by atoms with E-state index in [1.54, 1.807) is 0 Å². The Hall–Kier alpha value is 0.460. The summed E-state index contributed by atoms with van der Waals surface area (Å²) in [5.74, 6) is 1.25. The normalized spacial score (nSPS) is 36.7. The Morgan fingerprint density at radius 1 is 1.09 bits per heavy atom. The van der Waals surface area contributed by atoms with Gasteiger partial charge in [-0.3, -0.25) is 4.90 Å². The first-order valence-electron chi connectivity index (χ1n) is 8.73.